The first-order valence-electron chi connectivity index (χ1n) is 8.02. The van der Waals surface area contributed by atoms with E-state index in [2.05, 4.69) is 14.9 Å². The fraction of sp³-hybridized carbons (Fsp3) is 0.600. The number of nitrogens with one attached hydrogen (secondary N) is 1. The van der Waals surface area contributed by atoms with Crippen LogP contribution in [0.25, 0.3) is 11.1 Å². The molecule has 1 aliphatic carbocycles. The lowest BCUT2D eigenvalue weighted by Gasteiger charge is -2.22. The van der Waals surface area contributed by atoms with Gasteiger partial charge in [0.25, 0.3) is 5.71 Å². The molecule has 1 saturated carbocycles. The number of nitrogens with zero attached hydrogens (tertiary/aromatic N) is 2. The number of sulfonamides is 1. The van der Waals surface area contributed by atoms with Crippen LogP contribution in [0.2, 0.25) is 0 Å². The number of nitrogens with two attached hydrogens (primary N) is 1. The molecule has 1 atom stereocenters. The topological polar surface area (TPSA) is 111 Å². The zero-order valence-electron chi connectivity index (χ0n) is 13.2. The summed E-state index contributed by atoms with van der Waals surface area (Å²) in [5.41, 5.74) is 6.85. The van der Waals surface area contributed by atoms with Crippen molar-refractivity contribution in [2.45, 2.75) is 50.0 Å². The molecule has 8 heteroatoms. The van der Waals surface area contributed by atoms with E-state index in [1.807, 2.05) is 6.92 Å². The number of pyridine rings is 1. The van der Waals surface area contributed by atoms with E-state index in [0.29, 0.717) is 35.7 Å². The average Bonchev–Trinajstić information content (AvgIpc) is 3.21. The summed E-state index contributed by atoms with van der Waals surface area (Å²) in [5.74, 6) is 0.313. The van der Waals surface area contributed by atoms with Crippen LogP contribution in [-0.2, 0) is 16.4 Å². The van der Waals surface area contributed by atoms with Gasteiger partial charge in [0.2, 0.25) is 10.0 Å². The predicted molar refractivity (Wildman–Crippen MR) is 86.3 cm³/mol. The Morgan fingerprint density at radius 2 is 2.17 bits per heavy atom. The van der Waals surface area contributed by atoms with Gasteiger partial charge in [-0.05, 0) is 31.2 Å². The molecule has 0 aromatic carbocycles. The Morgan fingerprint density at radius 3 is 2.83 bits per heavy atom. The van der Waals surface area contributed by atoms with Gasteiger partial charge in [0, 0.05) is 12.6 Å². The van der Waals surface area contributed by atoms with Crippen LogP contribution in [0.1, 0.15) is 38.3 Å². The molecule has 2 aromatic heterocycles. The Morgan fingerprint density at radius 1 is 1.43 bits per heavy atom. The molecule has 2 aromatic rings. The van der Waals surface area contributed by atoms with Crippen LogP contribution in [0.15, 0.2) is 21.7 Å². The largest absolute Gasteiger partial charge is 0.336 e. The van der Waals surface area contributed by atoms with Gasteiger partial charge in [-0.25, -0.2) is 18.1 Å². The van der Waals surface area contributed by atoms with Gasteiger partial charge in [0.1, 0.15) is 4.90 Å². The first kappa shape index (κ1) is 16.4. The maximum atomic E-state index is 12.7. The highest BCUT2D eigenvalue weighted by Crippen LogP contribution is 2.28. The van der Waals surface area contributed by atoms with Crippen molar-refractivity contribution in [2.24, 2.45) is 11.7 Å². The molecule has 7 nitrogen and oxygen atoms in total. The summed E-state index contributed by atoms with van der Waals surface area (Å²) in [4.78, 5) is 4.19. The Bertz CT molecular complexity index is 781. The minimum atomic E-state index is -3.67. The molecule has 3 N–H and O–H groups in total. The van der Waals surface area contributed by atoms with Gasteiger partial charge >= 0.3 is 0 Å². The summed E-state index contributed by atoms with van der Waals surface area (Å²) >= 11 is 0. The lowest BCUT2D eigenvalue weighted by Crippen LogP contribution is -2.44. The van der Waals surface area contributed by atoms with Crippen LogP contribution in [-0.4, -0.2) is 31.1 Å². The Balaban J connectivity index is 1.89. The number of aryl methyl sites for hydroxylation is 1. The fourth-order valence-electron chi connectivity index (χ4n) is 3.23. The molecule has 1 aliphatic rings. The molecular formula is C15H22N4O3S. The van der Waals surface area contributed by atoms with Crippen molar-refractivity contribution in [3.8, 4) is 0 Å². The van der Waals surface area contributed by atoms with Crippen LogP contribution in [0.4, 0.5) is 0 Å². The summed E-state index contributed by atoms with van der Waals surface area (Å²) in [5, 5.41) is 4.54. The Hall–Kier alpha value is -1.51. The lowest BCUT2D eigenvalue weighted by molar-refractivity contribution is 0.405. The Kier molecular flexibility index (Phi) is 4.65. The molecule has 126 valence electrons. The van der Waals surface area contributed by atoms with Gasteiger partial charge in [0.15, 0.2) is 0 Å². The smallest absolute Gasteiger partial charge is 0.258 e. The number of rotatable bonds is 6. The summed E-state index contributed by atoms with van der Waals surface area (Å²) in [7, 11) is -3.67. The molecule has 0 saturated heterocycles. The standard InChI is InChI=1S/C15H22N4O3S/c1-2-13-12-7-11(9-17-15(12)22-18-13)23(20,21)19-14(8-16)10-5-3-4-6-10/h7,9-10,14,19H,2-6,8,16H2,1H3. The van der Waals surface area contributed by atoms with E-state index >= 15 is 0 Å². The third-order valence-corrected chi connectivity index (χ3v) is 6.01. The normalized spacial score (nSPS) is 17.8. The minimum Gasteiger partial charge on any atom is -0.336 e. The van der Waals surface area contributed by atoms with Crippen molar-refractivity contribution in [3.05, 3.63) is 18.0 Å². The highest BCUT2D eigenvalue weighted by Gasteiger charge is 2.29. The van der Waals surface area contributed by atoms with E-state index < -0.39 is 10.0 Å². The van der Waals surface area contributed by atoms with Gasteiger partial charge in [0.05, 0.1) is 17.3 Å². The zero-order valence-corrected chi connectivity index (χ0v) is 14.0. The SMILES string of the molecule is CCc1noc2ncc(S(=O)(=O)NC(CN)C3CCCC3)cc12. The first-order chi connectivity index (χ1) is 11.0. The van der Waals surface area contributed by atoms with E-state index in [1.165, 1.54) is 6.20 Å². The van der Waals surface area contributed by atoms with Gasteiger partial charge < -0.3 is 10.3 Å². The van der Waals surface area contributed by atoms with Crippen molar-refractivity contribution >= 4 is 21.1 Å². The van der Waals surface area contributed by atoms with E-state index in [1.54, 1.807) is 6.07 Å². The number of hydrogen-bond donors (Lipinski definition) is 2. The van der Waals surface area contributed by atoms with E-state index in [-0.39, 0.29) is 10.9 Å². The zero-order chi connectivity index (χ0) is 16.4. The minimum absolute atomic E-state index is 0.124. The van der Waals surface area contributed by atoms with Crippen LogP contribution in [0.5, 0.6) is 0 Å². The van der Waals surface area contributed by atoms with Crippen LogP contribution < -0.4 is 10.5 Å². The Labute approximate surface area is 135 Å². The number of aromatic nitrogens is 2. The number of fused-ring (bicyclic) bond motifs is 1. The third-order valence-electron chi connectivity index (χ3n) is 4.55. The van der Waals surface area contributed by atoms with Gasteiger partial charge in [-0.2, -0.15) is 0 Å². The highest BCUT2D eigenvalue weighted by molar-refractivity contribution is 7.89. The van der Waals surface area contributed by atoms with Gasteiger partial charge in [-0.1, -0.05) is 24.9 Å². The fourth-order valence-corrected chi connectivity index (χ4v) is 4.51. The summed E-state index contributed by atoms with van der Waals surface area (Å²) in [6.45, 7) is 2.23. The average molecular weight is 338 g/mol. The van der Waals surface area contributed by atoms with E-state index in [4.69, 9.17) is 10.3 Å². The first-order valence-corrected chi connectivity index (χ1v) is 9.50. The van der Waals surface area contributed by atoms with Crippen molar-refractivity contribution in [1.29, 1.82) is 0 Å². The second kappa shape index (κ2) is 6.54. The van der Waals surface area contributed by atoms with Crippen molar-refractivity contribution in [3.63, 3.8) is 0 Å². The van der Waals surface area contributed by atoms with Crippen molar-refractivity contribution in [2.75, 3.05) is 6.54 Å². The maximum Gasteiger partial charge on any atom is 0.258 e. The molecule has 0 spiro atoms. The molecular weight excluding hydrogens is 316 g/mol. The maximum absolute atomic E-state index is 12.7. The molecule has 1 fully saturated rings. The lowest BCUT2D eigenvalue weighted by atomic mass is 9.99. The van der Waals surface area contributed by atoms with Crippen molar-refractivity contribution in [1.82, 2.24) is 14.9 Å². The van der Waals surface area contributed by atoms with Gasteiger partial charge in [-0.15, -0.1) is 0 Å². The molecule has 0 bridgehead atoms. The summed E-state index contributed by atoms with van der Waals surface area (Å²) in [6, 6.07) is 1.34. The molecule has 23 heavy (non-hydrogen) atoms. The molecule has 1 unspecified atom stereocenters. The summed E-state index contributed by atoms with van der Waals surface area (Å²) in [6.07, 6.45) is 6.27. The van der Waals surface area contributed by atoms with Crippen molar-refractivity contribution < 1.29 is 12.9 Å². The summed E-state index contributed by atoms with van der Waals surface area (Å²) < 4.78 is 33.2. The monoisotopic (exact) mass is 338 g/mol. The quantitative estimate of drug-likeness (QED) is 0.827. The predicted octanol–water partition coefficient (Wildman–Crippen LogP) is 1.58. The van der Waals surface area contributed by atoms with Gasteiger partial charge in [-0.3, -0.25) is 0 Å². The van der Waals surface area contributed by atoms with Crippen LogP contribution in [0, 0.1) is 5.92 Å². The third kappa shape index (κ3) is 3.24. The highest BCUT2D eigenvalue weighted by atomic mass is 32.2. The molecule has 0 radical (unpaired) electrons. The second-order valence-corrected chi connectivity index (χ2v) is 7.73. The van der Waals surface area contributed by atoms with E-state index in [9.17, 15) is 8.42 Å². The molecule has 3 rings (SSSR count). The molecule has 0 amide bonds. The second-order valence-electron chi connectivity index (χ2n) is 6.01. The van der Waals surface area contributed by atoms with E-state index in [0.717, 1.165) is 25.7 Å². The number of hydrogen-bond acceptors (Lipinski definition) is 6. The van der Waals surface area contributed by atoms with Crippen LogP contribution >= 0.6 is 0 Å². The van der Waals surface area contributed by atoms with Crippen LogP contribution in [0.3, 0.4) is 0 Å². The molecule has 2 heterocycles. The molecule has 0 aliphatic heterocycles.